The van der Waals surface area contributed by atoms with Gasteiger partial charge in [0.2, 0.25) is 0 Å². The van der Waals surface area contributed by atoms with Gasteiger partial charge in [0.05, 0.1) is 5.02 Å². The Morgan fingerprint density at radius 2 is 1.38 bits per heavy atom. The maximum atomic E-state index is 6.39. The van der Waals surface area contributed by atoms with Gasteiger partial charge in [-0.05, 0) is 41.0 Å². The van der Waals surface area contributed by atoms with E-state index in [0.717, 1.165) is 26.7 Å². The zero-order valence-corrected chi connectivity index (χ0v) is 14.0. The molecule has 0 saturated heterocycles. The van der Waals surface area contributed by atoms with E-state index in [4.69, 9.17) is 23.2 Å². The summed E-state index contributed by atoms with van der Waals surface area (Å²) >= 11 is 15.8. The van der Waals surface area contributed by atoms with Crippen LogP contribution in [0.2, 0.25) is 10.0 Å². The summed E-state index contributed by atoms with van der Waals surface area (Å²) in [5.74, 6) is 0. The minimum absolute atomic E-state index is 0.609. The van der Waals surface area contributed by atoms with E-state index in [1.54, 1.807) is 0 Å². The molecule has 1 radical (unpaired) electrons. The van der Waals surface area contributed by atoms with Crippen molar-refractivity contribution >= 4 is 39.1 Å². The first-order chi connectivity index (χ1) is 10.1. The molecular weight excluding hydrogens is 367 g/mol. The van der Waals surface area contributed by atoms with Gasteiger partial charge in [-0.1, -0.05) is 75.5 Å². The molecule has 0 aliphatic rings. The highest BCUT2D eigenvalue weighted by atomic mass is 79.9. The Morgan fingerprint density at radius 3 is 2.05 bits per heavy atom. The van der Waals surface area contributed by atoms with Gasteiger partial charge in [0.15, 0.2) is 0 Å². The van der Waals surface area contributed by atoms with Crippen molar-refractivity contribution < 1.29 is 0 Å². The van der Waals surface area contributed by atoms with Gasteiger partial charge in [-0.2, -0.15) is 0 Å². The minimum Gasteiger partial charge on any atom is -0.0843 e. The molecule has 0 amide bonds. The van der Waals surface area contributed by atoms with Crippen LogP contribution in [0.25, 0.3) is 22.3 Å². The summed E-state index contributed by atoms with van der Waals surface area (Å²) < 4.78 is 1.05. The molecular formula is C18H10BrCl2. The maximum absolute atomic E-state index is 6.39. The zero-order valence-electron chi connectivity index (χ0n) is 10.9. The largest absolute Gasteiger partial charge is 0.0843 e. The van der Waals surface area contributed by atoms with Crippen LogP contribution in [0.5, 0.6) is 0 Å². The quantitative estimate of drug-likeness (QED) is 0.456. The Labute approximate surface area is 142 Å². The van der Waals surface area contributed by atoms with Crippen molar-refractivity contribution in [3.05, 3.63) is 81.2 Å². The van der Waals surface area contributed by atoms with Crippen molar-refractivity contribution in [3.8, 4) is 22.3 Å². The van der Waals surface area contributed by atoms with E-state index in [9.17, 15) is 0 Å². The average molecular weight is 377 g/mol. The molecule has 0 aliphatic carbocycles. The molecule has 0 aliphatic heterocycles. The first kappa shape index (κ1) is 14.6. The Bertz CT molecular complexity index is 762. The lowest BCUT2D eigenvalue weighted by atomic mass is 9.94. The van der Waals surface area contributed by atoms with E-state index in [0.29, 0.717) is 10.0 Å². The van der Waals surface area contributed by atoms with Gasteiger partial charge < -0.3 is 0 Å². The minimum atomic E-state index is 0.609. The van der Waals surface area contributed by atoms with E-state index < -0.39 is 0 Å². The van der Waals surface area contributed by atoms with Crippen LogP contribution in [0.1, 0.15) is 0 Å². The summed E-state index contributed by atoms with van der Waals surface area (Å²) in [6, 6.07) is 22.8. The molecule has 3 heteroatoms. The molecule has 21 heavy (non-hydrogen) atoms. The van der Waals surface area contributed by atoms with Crippen molar-refractivity contribution in [2.75, 3.05) is 0 Å². The summed E-state index contributed by atoms with van der Waals surface area (Å²) in [4.78, 5) is 0. The van der Waals surface area contributed by atoms with Gasteiger partial charge in [-0.3, -0.25) is 0 Å². The van der Waals surface area contributed by atoms with E-state index in [2.05, 4.69) is 34.1 Å². The predicted octanol–water partition coefficient (Wildman–Crippen LogP) is 6.89. The fourth-order valence-electron chi connectivity index (χ4n) is 2.24. The molecule has 0 heterocycles. The van der Waals surface area contributed by atoms with Crippen molar-refractivity contribution in [3.63, 3.8) is 0 Å². The van der Waals surface area contributed by atoms with Crippen LogP contribution in [0.3, 0.4) is 0 Å². The van der Waals surface area contributed by atoms with Gasteiger partial charge in [-0.15, -0.1) is 0 Å². The molecule has 0 saturated carbocycles. The summed E-state index contributed by atoms with van der Waals surface area (Å²) in [7, 11) is 0. The molecule has 0 nitrogen and oxygen atoms in total. The second kappa shape index (κ2) is 6.23. The summed E-state index contributed by atoms with van der Waals surface area (Å²) in [5.41, 5.74) is 4.19. The highest BCUT2D eigenvalue weighted by molar-refractivity contribution is 9.10. The molecule has 0 fully saturated rings. The van der Waals surface area contributed by atoms with Gasteiger partial charge in [0.1, 0.15) is 0 Å². The van der Waals surface area contributed by atoms with Crippen LogP contribution in [0.4, 0.5) is 0 Å². The zero-order chi connectivity index (χ0) is 14.8. The molecule has 0 N–H and O–H groups in total. The van der Waals surface area contributed by atoms with Crippen LogP contribution >= 0.6 is 39.1 Å². The molecule has 0 atom stereocenters. The second-order valence-corrected chi connectivity index (χ2v) is 6.32. The van der Waals surface area contributed by atoms with Crippen LogP contribution < -0.4 is 0 Å². The molecule has 0 bridgehead atoms. The summed E-state index contributed by atoms with van der Waals surface area (Å²) in [6.45, 7) is 0. The first-order valence-corrected chi connectivity index (χ1v) is 7.92. The third-order valence-electron chi connectivity index (χ3n) is 3.24. The van der Waals surface area contributed by atoms with Gasteiger partial charge in [0.25, 0.3) is 0 Å². The predicted molar refractivity (Wildman–Crippen MR) is 93.9 cm³/mol. The lowest BCUT2D eigenvalue weighted by molar-refractivity contribution is 1.56. The van der Waals surface area contributed by atoms with Crippen molar-refractivity contribution in [1.29, 1.82) is 0 Å². The maximum Gasteiger partial charge on any atom is 0.0569 e. The molecule has 103 valence electrons. The average Bonchev–Trinajstić information content (AvgIpc) is 2.49. The molecule has 0 unspecified atom stereocenters. The van der Waals surface area contributed by atoms with Gasteiger partial charge in [0, 0.05) is 21.1 Å². The van der Waals surface area contributed by atoms with Crippen LogP contribution in [-0.2, 0) is 0 Å². The molecule has 0 spiro atoms. The number of hydrogen-bond acceptors (Lipinski definition) is 0. The normalized spacial score (nSPS) is 10.6. The third kappa shape index (κ3) is 3.16. The smallest absolute Gasteiger partial charge is 0.0569 e. The number of benzene rings is 3. The highest BCUT2D eigenvalue weighted by Gasteiger charge is 2.11. The Hall–Kier alpha value is -1.28. The lowest BCUT2D eigenvalue weighted by Gasteiger charge is -2.12. The monoisotopic (exact) mass is 375 g/mol. The van der Waals surface area contributed by atoms with E-state index >= 15 is 0 Å². The number of hydrogen-bond donors (Lipinski definition) is 0. The molecule has 3 rings (SSSR count). The Morgan fingerprint density at radius 1 is 0.762 bits per heavy atom. The van der Waals surface area contributed by atoms with E-state index in [1.807, 2.05) is 48.5 Å². The first-order valence-electron chi connectivity index (χ1n) is 6.37. The number of rotatable bonds is 2. The fourth-order valence-corrected chi connectivity index (χ4v) is 2.90. The summed E-state index contributed by atoms with van der Waals surface area (Å²) in [5, 5.41) is 1.32. The lowest BCUT2D eigenvalue weighted by Crippen LogP contribution is -1.87. The SMILES string of the molecule is Clc1ccc(-c2c(Cl)[c]ccc2-c2ccc(Br)cc2)cc1. The van der Waals surface area contributed by atoms with Crippen molar-refractivity contribution in [2.24, 2.45) is 0 Å². The summed E-state index contributed by atoms with van der Waals surface area (Å²) in [6.07, 6.45) is 0. The molecule has 3 aromatic carbocycles. The van der Waals surface area contributed by atoms with Crippen molar-refractivity contribution in [1.82, 2.24) is 0 Å². The third-order valence-corrected chi connectivity index (χ3v) is 4.32. The highest BCUT2D eigenvalue weighted by Crippen LogP contribution is 2.37. The molecule has 0 aromatic heterocycles. The number of halogens is 3. The second-order valence-electron chi connectivity index (χ2n) is 4.59. The topological polar surface area (TPSA) is 0 Å². The van der Waals surface area contributed by atoms with Crippen LogP contribution in [-0.4, -0.2) is 0 Å². The van der Waals surface area contributed by atoms with E-state index in [-0.39, 0.29) is 0 Å². The van der Waals surface area contributed by atoms with Crippen molar-refractivity contribution in [2.45, 2.75) is 0 Å². The van der Waals surface area contributed by atoms with Crippen LogP contribution in [0, 0.1) is 6.07 Å². The van der Waals surface area contributed by atoms with Gasteiger partial charge in [-0.25, -0.2) is 0 Å². The molecule has 3 aromatic rings. The van der Waals surface area contributed by atoms with Gasteiger partial charge >= 0.3 is 0 Å². The Balaban J connectivity index is 2.20. The Kier molecular flexibility index (Phi) is 4.34. The van der Waals surface area contributed by atoms with Crippen LogP contribution in [0.15, 0.2) is 65.1 Å². The fraction of sp³-hybridized carbons (Fsp3) is 0. The van der Waals surface area contributed by atoms with E-state index in [1.165, 1.54) is 0 Å². The standard InChI is InChI=1S/C18H10BrCl2/c19-14-8-4-12(5-9-14)16-2-1-3-17(21)18(16)13-6-10-15(20)11-7-13/h1-2,4-11H.